The van der Waals surface area contributed by atoms with Crippen LogP contribution in [0.25, 0.3) is 0 Å². The van der Waals surface area contributed by atoms with E-state index in [0.717, 1.165) is 49.6 Å². The van der Waals surface area contributed by atoms with Crippen LogP contribution in [0.5, 0.6) is 0 Å². The van der Waals surface area contributed by atoms with Gasteiger partial charge < -0.3 is 15.3 Å². The molecule has 0 spiro atoms. The zero-order chi connectivity index (χ0) is 17.2. The van der Waals surface area contributed by atoms with Gasteiger partial charge in [-0.05, 0) is 12.5 Å². The topological polar surface area (TPSA) is 88.7 Å². The molecule has 4 rings (SSSR count). The van der Waals surface area contributed by atoms with Crippen molar-refractivity contribution >= 4 is 5.82 Å². The zero-order valence-electron chi connectivity index (χ0n) is 14.4. The van der Waals surface area contributed by atoms with Gasteiger partial charge in [0.05, 0.1) is 12.0 Å². The highest BCUT2D eigenvalue weighted by Gasteiger charge is 2.34. The number of nitrogens with zero attached hydrogens (tertiary/aromatic N) is 5. The Kier molecular flexibility index (Phi) is 4.23. The number of hydrogen-bond acceptors (Lipinski definition) is 5. The van der Waals surface area contributed by atoms with Gasteiger partial charge in [0.2, 0.25) is 0 Å². The Morgan fingerprint density at radius 2 is 2.20 bits per heavy atom. The smallest absolute Gasteiger partial charge is 0.132 e. The molecule has 0 fully saturated rings. The second-order valence-corrected chi connectivity index (χ2v) is 6.42. The van der Waals surface area contributed by atoms with Crippen molar-refractivity contribution in [3.8, 4) is 0 Å². The fourth-order valence-electron chi connectivity index (χ4n) is 3.58. The fourth-order valence-corrected chi connectivity index (χ4v) is 3.58. The van der Waals surface area contributed by atoms with E-state index < -0.39 is 0 Å². The van der Waals surface area contributed by atoms with Crippen LogP contribution in [0.15, 0.2) is 37.1 Å². The van der Waals surface area contributed by atoms with Crippen LogP contribution in [-0.2, 0) is 19.5 Å². The summed E-state index contributed by atoms with van der Waals surface area (Å²) >= 11 is 0. The summed E-state index contributed by atoms with van der Waals surface area (Å²) in [6, 6.07) is 4.00. The normalized spacial score (nSPS) is 17.6. The molecule has 0 radical (unpaired) electrons. The van der Waals surface area contributed by atoms with Crippen molar-refractivity contribution in [1.29, 1.82) is 0 Å². The number of rotatable bonds is 5. The van der Waals surface area contributed by atoms with Crippen LogP contribution in [0.3, 0.4) is 0 Å². The molecular formula is C18H23N7. The number of imidazole rings is 2. The first-order valence-electron chi connectivity index (χ1n) is 8.74. The molecule has 1 aliphatic heterocycles. The molecule has 1 unspecified atom stereocenters. The maximum Gasteiger partial charge on any atom is 0.132 e. The summed E-state index contributed by atoms with van der Waals surface area (Å²) < 4.78 is 2.23. The number of anilines is 1. The van der Waals surface area contributed by atoms with Gasteiger partial charge in [-0.3, -0.25) is 4.90 Å². The van der Waals surface area contributed by atoms with Gasteiger partial charge in [0, 0.05) is 55.9 Å². The summed E-state index contributed by atoms with van der Waals surface area (Å²) in [4.78, 5) is 19.2. The number of pyridine rings is 1. The lowest BCUT2D eigenvalue weighted by Crippen LogP contribution is -2.37. The van der Waals surface area contributed by atoms with Crippen molar-refractivity contribution in [3.05, 3.63) is 59.8 Å². The summed E-state index contributed by atoms with van der Waals surface area (Å²) in [6.07, 6.45) is 9.46. The Labute approximate surface area is 146 Å². The standard InChI is InChI=1S/C18H23N7/c1-2-8-24-10-7-21-18(24)16-15-14(22-12-23-15)5-9-25(16)11-13-4-3-6-20-17(13)19/h3-4,6-7,10,12,16H,2,5,8-9,11H2,1H3,(H2,19,20)(H,22,23). The predicted molar refractivity (Wildman–Crippen MR) is 95.7 cm³/mol. The Morgan fingerprint density at radius 3 is 3.04 bits per heavy atom. The number of nitrogen functional groups attached to an aromatic ring is 1. The van der Waals surface area contributed by atoms with E-state index in [-0.39, 0.29) is 6.04 Å². The number of aromatic nitrogens is 5. The van der Waals surface area contributed by atoms with E-state index in [1.165, 1.54) is 5.69 Å². The van der Waals surface area contributed by atoms with E-state index in [1.54, 1.807) is 12.5 Å². The quantitative estimate of drug-likeness (QED) is 0.744. The Hall–Kier alpha value is -2.67. The molecule has 3 aromatic heterocycles. The third kappa shape index (κ3) is 2.91. The summed E-state index contributed by atoms with van der Waals surface area (Å²) in [5.41, 5.74) is 9.38. The van der Waals surface area contributed by atoms with Gasteiger partial charge in [0.15, 0.2) is 0 Å². The monoisotopic (exact) mass is 337 g/mol. The largest absolute Gasteiger partial charge is 0.383 e. The van der Waals surface area contributed by atoms with Gasteiger partial charge >= 0.3 is 0 Å². The third-order valence-electron chi connectivity index (χ3n) is 4.78. The highest BCUT2D eigenvalue weighted by molar-refractivity contribution is 5.39. The zero-order valence-corrected chi connectivity index (χ0v) is 14.4. The maximum atomic E-state index is 6.07. The molecule has 25 heavy (non-hydrogen) atoms. The summed E-state index contributed by atoms with van der Waals surface area (Å²) in [5, 5.41) is 0. The van der Waals surface area contributed by atoms with E-state index in [0.29, 0.717) is 5.82 Å². The summed E-state index contributed by atoms with van der Waals surface area (Å²) in [7, 11) is 0. The number of aromatic amines is 1. The van der Waals surface area contributed by atoms with Crippen LogP contribution in [0.2, 0.25) is 0 Å². The first-order chi connectivity index (χ1) is 12.3. The van der Waals surface area contributed by atoms with Crippen molar-refractivity contribution in [2.75, 3.05) is 12.3 Å². The van der Waals surface area contributed by atoms with E-state index in [1.807, 2.05) is 18.3 Å². The lowest BCUT2D eigenvalue weighted by molar-refractivity contribution is 0.189. The minimum atomic E-state index is 0.0242. The SMILES string of the molecule is CCCn1ccnc1C1c2nc[nH]c2CCN1Cc1cccnc1N. The third-order valence-corrected chi connectivity index (χ3v) is 4.78. The van der Waals surface area contributed by atoms with Crippen LogP contribution in [0, 0.1) is 0 Å². The van der Waals surface area contributed by atoms with Crippen molar-refractivity contribution < 1.29 is 0 Å². The van der Waals surface area contributed by atoms with Gasteiger partial charge in [-0.15, -0.1) is 0 Å². The molecule has 0 bridgehead atoms. The second kappa shape index (κ2) is 6.68. The molecule has 0 aliphatic carbocycles. The lowest BCUT2D eigenvalue weighted by Gasteiger charge is -2.34. The van der Waals surface area contributed by atoms with Gasteiger partial charge in [0.1, 0.15) is 17.7 Å². The Balaban J connectivity index is 1.73. The lowest BCUT2D eigenvalue weighted by atomic mass is 10.0. The first kappa shape index (κ1) is 15.8. The molecule has 1 aliphatic rings. The number of H-pyrrole nitrogens is 1. The molecule has 0 amide bonds. The Morgan fingerprint density at radius 1 is 1.28 bits per heavy atom. The first-order valence-corrected chi connectivity index (χ1v) is 8.74. The molecule has 3 N–H and O–H groups in total. The second-order valence-electron chi connectivity index (χ2n) is 6.42. The van der Waals surface area contributed by atoms with Gasteiger partial charge in [-0.25, -0.2) is 15.0 Å². The minimum Gasteiger partial charge on any atom is -0.383 e. The number of fused-ring (bicyclic) bond motifs is 1. The maximum absolute atomic E-state index is 6.07. The van der Waals surface area contributed by atoms with Crippen LogP contribution in [-0.4, -0.2) is 35.9 Å². The highest BCUT2D eigenvalue weighted by Crippen LogP contribution is 2.34. The molecule has 7 nitrogen and oxygen atoms in total. The van der Waals surface area contributed by atoms with Crippen molar-refractivity contribution in [1.82, 2.24) is 29.4 Å². The van der Waals surface area contributed by atoms with E-state index in [9.17, 15) is 0 Å². The number of nitrogens with one attached hydrogen (secondary N) is 1. The molecular weight excluding hydrogens is 314 g/mol. The van der Waals surface area contributed by atoms with Crippen molar-refractivity contribution in [2.24, 2.45) is 0 Å². The molecule has 0 aromatic carbocycles. The van der Waals surface area contributed by atoms with E-state index in [2.05, 4.69) is 42.5 Å². The van der Waals surface area contributed by atoms with Crippen molar-refractivity contribution in [3.63, 3.8) is 0 Å². The molecule has 0 saturated heterocycles. The van der Waals surface area contributed by atoms with Crippen LogP contribution >= 0.6 is 0 Å². The van der Waals surface area contributed by atoms with Crippen LogP contribution in [0.1, 0.15) is 42.2 Å². The van der Waals surface area contributed by atoms with Crippen LogP contribution < -0.4 is 5.73 Å². The molecule has 7 heteroatoms. The minimum absolute atomic E-state index is 0.0242. The van der Waals surface area contributed by atoms with Gasteiger partial charge in [0.25, 0.3) is 0 Å². The number of nitrogens with two attached hydrogens (primary N) is 1. The fraction of sp³-hybridized carbons (Fsp3) is 0.389. The average Bonchev–Trinajstić information content (AvgIpc) is 3.26. The number of aryl methyl sites for hydroxylation is 1. The van der Waals surface area contributed by atoms with E-state index >= 15 is 0 Å². The van der Waals surface area contributed by atoms with Crippen molar-refractivity contribution in [2.45, 2.75) is 38.9 Å². The van der Waals surface area contributed by atoms with Crippen LogP contribution in [0.4, 0.5) is 5.82 Å². The molecule has 130 valence electrons. The molecule has 1 atom stereocenters. The van der Waals surface area contributed by atoms with Gasteiger partial charge in [-0.2, -0.15) is 0 Å². The van der Waals surface area contributed by atoms with Gasteiger partial charge in [-0.1, -0.05) is 13.0 Å². The average molecular weight is 337 g/mol. The molecule has 3 aromatic rings. The summed E-state index contributed by atoms with van der Waals surface area (Å²) in [6.45, 7) is 4.79. The highest BCUT2D eigenvalue weighted by atomic mass is 15.2. The predicted octanol–water partition coefficient (Wildman–Crippen LogP) is 2.14. The van der Waals surface area contributed by atoms with E-state index in [4.69, 9.17) is 5.73 Å². The Bertz CT molecular complexity index is 850. The molecule has 0 saturated carbocycles. The summed E-state index contributed by atoms with van der Waals surface area (Å²) in [5.74, 6) is 1.63. The number of hydrogen-bond donors (Lipinski definition) is 2. The molecule has 4 heterocycles.